The molecule has 0 unspecified atom stereocenters. The second kappa shape index (κ2) is 9.06. The molecule has 2 aromatic rings. The first-order valence-corrected chi connectivity index (χ1v) is 10.2. The van der Waals surface area contributed by atoms with E-state index in [1.807, 2.05) is 24.3 Å². The Kier molecular flexibility index (Phi) is 7.24. The predicted molar refractivity (Wildman–Crippen MR) is 113 cm³/mol. The Morgan fingerprint density at radius 1 is 0.964 bits per heavy atom. The van der Waals surface area contributed by atoms with Crippen LogP contribution in [0.5, 0.6) is 5.75 Å². The number of benzene rings is 2. The lowest BCUT2D eigenvalue weighted by atomic mass is 9.70. The van der Waals surface area contributed by atoms with E-state index in [0.717, 1.165) is 48.1 Å². The zero-order chi connectivity index (χ0) is 20.9. The third-order valence-electron chi connectivity index (χ3n) is 5.82. The minimum atomic E-state index is -0.892. The van der Waals surface area contributed by atoms with Crippen molar-refractivity contribution >= 4 is 0 Å². The van der Waals surface area contributed by atoms with Gasteiger partial charge in [-0.25, -0.2) is 4.39 Å². The van der Waals surface area contributed by atoms with Crippen LogP contribution in [0, 0.1) is 11.7 Å². The van der Waals surface area contributed by atoms with Gasteiger partial charge in [0.25, 0.3) is 0 Å². The van der Waals surface area contributed by atoms with Crippen molar-refractivity contribution in [3.05, 3.63) is 65.0 Å². The number of rotatable bonds is 6. The molecule has 1 aliphatic carbocycles. The third-order valence-corrected chi connectivity index (χ3v) is 5.82. The quantitative estimate of drug-likeness (QED) is 0.637. The summed E-state index contributed by atoms with van der Waals surface area (Å²) in [6.45, 7) is 8.55. The summed E-state index contributed by atoms with van der Waals surface area (Å²) >= 11 is 0. The van der Waals surface area contributed by atoms with E-state index in [2.05, 4.69) is 13.8 Å². The monoisotopic (exact) mass is 387 g/mol. The van der Waals surface area contributed by atoms with Crippen molar-refractivity contribution in [1.29, 1.82) is 0 Å². The molecule has 0 bridgehead atoms. The molecule has 4 heteroatoms. The van der Waals surface area contributed by atoms with E-state index >= 15 is 0 Å². The Morgan fingerprint density at radius 2 is 1.50 bits per heavy atom. The van der Waals surface area contributed by atoms with Crippen LogP contribution in [-0.4, -0.2) is 16.8 Å². The van der Waals surface area contributed by atoms with Crippen molar-refractivity contribution in [3.8, 4) is 5.75 Å². The Balaban J connectivity index is 0.000000485. The number of halogens is 1. The fraction of sp³-hybridized carbons (Fsp3) is 0.500. The minimum absolute atomic E-state index is 0.0561. The van der Waals surface area contributed by atoms with Gasteiger partial charge >= 0.3 is 0 Å². The summed E-state index contributed by atoms with van der Waals surface area (Å²) in [6, 6.07) is 12.1. The maximum Gasteiger partial charge on any atom is 0.127 e. The van der Waals surface area contributed by atoms with Gasteiger partial charge in [0.05, 0.1) is 5.60 Å². The van der Waals surface area contributed by atoms with E-state index in [1.54, 1.807) is 19.9 Å². The molecular formula is C24H34FNO2. The molecule has 154 valence electrons. The molecule has 0 spiro atoms. The second-order valence-electron chi connectivity index (χ2n) is 8.30. The summed E-state index contributed by atoms with van der Waals surface area (Å²) in [5, 5.41) is 19.9. The van der Waals surface area contributed by atoms with Crippen LogP contribution in [0.3, 0.4) is 0 Å². The maximum atomic E-state index is 13.8. The summed E-state index contributed by atoms with van der Waals surface area (Å²) in [6.07, 6.45) is 4.34. The predicted octanol–water partition coefficient (Wildman–Crippen LogP) is 5.22. The lowest BCUT2D eigenvalue weighted by Crippen LogP contribution is -2.26. The third kappa shape index (κ3) is 5.33. The average Bonchev–Trinajstić information content (AvgIpc) is 3.47. The van der Waals surface area contributed by atoms with Gasteiger partial charge in [-0.3, -0.25) is 0 Å². The lowest BCUT2D eigenvalue weighted by molar-refractivity contribution is 0.0785. The molecule has 1 aliphatic rings. The first-order chi connectivity index (χ1) is 13.2. The number of nitrogens with two attached hydrogens (primary N) is 1. The van der Waals surface area contributed by atoms with Gasteiger partial charge in [-0.1, -0.05) is 38.1 Å². The fourth-order valence-electron chi connectivity index (χ4n) is 3.63. The highest BCUT2D eigenvalue weighted by molar-refractivity contribution is 5.43. The summed E-state index contributed by atoms with van der Waals surface area (Å²) < 4.78 is 13.8. The van der Waals surface area contributed by atoms with E-state index in [4.69, 9.17) is 5.73 Å². The lowest BCUT2D eigenvalue weighted by Gasteiger charge is -2.34. The van der Waals surface area contributed by atoms with Gasteiger partial charge in [0.1, 0.15) is 11.6 Å². The van der Waals surface area contributed by atoms with Gasteiger partial charge in [-0.2, -0.15) is 0 Å². The molecule has 0 aromatic heterocycles. The summed E-state index contributed by atoms with van der Waals surface area (Å²) in [5.74, 6) is 0.425. The summed E-state index contributed by atoms with van der Waals surface area (Å²) in [7, 11) is 0. The maximum absolute atomic E-state index is 13.8. The van der Waals surface area contributed by atoms with Crippen molar-refractivity contribution in [1.82, 2.24) is 0 Å². The minimum Gasteiger partial charge on any atom is -0.508 e. The topological polar surface area (TPSA) is 66.5 Å². The highest BCUT2D eigenvalue weighted by Gasteiger charge is 2.32. The molecule has 0 amide bonds. The second-order valence-corrected chi connectivity index (χ2v) is 8.30. The van der Waals surface area contributed by atoms with Gasteiger partial charge in [0.15, 0.2) is 0 Å². The average molecular weight is 388 g/mol. The zero-order valence-electron chi connectivity index (χ0n) is 17.5. The van der Waals surface area contributed by atoms with Crippen LogP contribution in [0.15, 0.2) is 42.5 Å². The Morgan fingerprint density at radius 3 is 1.86 bits per heavy atom. The Labute approximate surface area is 168 Å². The molecule has 3 rings (SSSR count). The van der Waals surface area contributed by atoms with Crippen LogP contribution >= 0.6 is 0 Å². The highest BCUT2D eigenvalue weighted by atomic mass is 19.1. The molecule has 0 heterocycles. The molecule has 0 radical (unpaired) electrons. The Hall–Kier alpha value is -1.91. The van der Waals surface area contributed by atoms with E-state index < -0.39 is 11.4 Å². The molecule has 0 saturated heterocycles. The standard InChI is InChI=1S/C20H25FO2.C4H9N/c1-5-20(6-2,16-11-17(21)13-18(22)12-16)15-9-7-14(8-10-15)19(3,4)23;5-3-4-1-2-4/h7-13,22-23H,5-6H2,1-4H3;4H,1-3,5H2. The number of aliphatic hydroxyl groups is 1. The van der Waals surface area contributed by atoms with Crippen LogP contribution in [-0.2, 0) is 11.0 Å². The fourth-order valence-corrected chi connectivity index (χ4v) is 3.63. The van der Waals surface area contributed by atoms with Gasteiger partial charge in [0.2, 0.25) is 0 Å². The molecule has 2 aromatic carbocycles. The summed E-state index contributed by atoms with van der Waals surface area (Å²) in [5.41, 5.74) is 6.65. The summed E-state index contributed by atoms with van der Waals surface area (Å²) in [4.78, 5) is 0. The van der Waals surface area contributed by atoms with Crippen molar-refractivity contribution in [2.24, 2.45) is 11.7 Å². The molecule has 0 aliphatic heterocycles. The molecule has 0 atom stereocenters. The molecule has 3 nitrogen and oxygen atoms in total. The van der Waals surface area contributed by atoms with Crippen molar-refractivity contribution in [2.75, 3.05) is 6.54 Å². The van der Waals surface area contributed by atoms with Crippen LogP contribution < -0.4 is 5.73 Å². The van der Waals surface area contributed by atoms with E-state index in [9.17, 15) is 14.6 Å². The van der Waals surface area contributed by atoms with Crippen LogP contribution in [0.25, 0.3) is 0 Å². The largest absolute Gasteiger partial charge is 0.508 e. The normalized spacial score (nSPS) is 14.4. The van der Waals surface area contributed by atoms with Gasteiger partial charge in [-0.05, 0) is 80.8 Å². The van der Waals surface area contributed by atoms with E-state index in [-0.39, 0.29) is 11.2 Å². The van der Waals surface area contributed by atoms with E-state index in [0.29, 0.717) is 0 Å². The first kappa shape index (κ1) is 22.4. The van der Waals surface area contributed by atoms with Crippen LogP contribution in [0.4, 0.5) is 4.39 Å². The zero-order valence-corrected chi connectivity index (χ0v) is 17.5. The van der Waals surface area contributed by atoms with Crippen molar-refractivity contribution < 1.29 is 14.6 Å². The smallest absolute Gasteiger partial charge is 0.127 e. The van der Waals surface area contributed by atoms with Crippen molar-refractivity contribution in [3.63, 3.8) is 0 Å². The highest BCUT2D eigenvalue weighted by Crippen LogP contribution is 2.40. The van der Waals surface area contributed by atoms with Crippen LogP contribution in [0.2, 0.25) is 0 Å². The molecule has 1 fully saturated rings. The van der Waals surface area contributed by atoms with Gasteiger partial charge in [0, 0.05) is 11.5 Å². The number of aromatic hydroxyl groups is 1. The molecule has 28 heavy (non-hydrogen) atoms. The van der Waals surface area contributed by atoms with Crippen molar-refractivity contribution in [2.45, 2.75) is 64.4 Å². The van der Waals surface area contributed by atoms with Gasteiger partial charge in [-0.15, -0.1) is 0 Å². The molecule has 1 saturated carbocycles. The number of hydrogen-bond donors (Lipinski definition) is 3. The SMILES string of the molecule is CCC(CC)(c1ccc(C(C)(C)O)cc1)c1cc(O)cc(F)c1.NCC1CC1. The Bertz CT molecular complexity index is 737. The molecular weight excluding hydrogens is 353 g/mol. The first-order valence-electron chi connectivity index (χ1n) is 10.2. The van der Waals surface area contributed by atoms with Gasteiger partial charge < -0.3 is 15.9 Å². The van der Waals surface area contributed by atoms with Crippen LogP contribution in [0.1, 0.15) is 70.1 Å². The number of phenolic OH excluding ortho intramolecular Hbond substituents is 1. The number of hydrogen-bond acceptors (Lipinski definition) is 3. The van der Waals surface area contributed by atoms with E-state index in [1.165, 1.54) is 18.9 Å². The molecule has 4 N–H and O–H groups in total. The number of phenols is 1.